The molecule has 1 aliphatic rings. The van der Waals surface area contributed by atoms with Crippen LogP contribution in [0.2, 0.25) is 5.02 Å². The standard InChI is InChI=1S/C24H23ClN4O/c1-16-2-4-17(5-3-16)14-28-24(30)18-8-10-29(11-9-18)23-19(13-26)15-27-22-7-6-20(25)12-21(22)23/h2-7,12,15,18H,8-11,14H2,1H3,(H,28,30). The molecule has 30 heavy (non-hydrogen) atoms. The summed E-state index contributed by atoms with van der Waals surface area (Å²) >= 11 is 6.20. The number of aromatic nitrogens is 1. The van der Waals surface area contributed by atoms with Crippen LogP contribution in [-0.4, -0.2) is 24.0 Å². The summed E-state index contributed by atoms with van der Waals surface area (Å²) in [4.78, 5) is 19.2. The summed E-state index contributed by atoms with van der Waals surface area (Å²) < 4.78 is 0. The predicted molar refractivity (Wildman–Crippen MR) is 119 cm³/mol. The maximum absolute atomic E-state index is 12.7. The molecule has 0 spiro atoms. The lowest BCUT2D eigenvalue weighted by molar-refractivity contribution is -0.125. The fourth-order valence-electron chi connectivity index (χ4n) is 3.98. The minimum atomic E-state index is -0.0195. The molecule has 6 heteroatoms. The van der Waals surface area contributed by atoms with E-state index in [1.165, 1.54) is 5.56 Å². The Morgan fingerprint density at radius 3 is 2.67 bits per heavy atom. The van der Waals surface area contributed by atoms with E-state index in [0.29, 0.717) is 30.2 Å². The molecule has 0 saturated carbocycles. The van der Waals surface area contributed by atoms with Gasteiger partial charge in [-0.1, -0.05) is 41.4 Å². The highest BCUT2D eigenvalue weighted by atomic mass is 35.5. The largest absolute Gasteiger partial charge is 0.370 e. The van der Waals surface area contributed by atoms with Gasteiger partial charge in [-0.25, -0.2) is 0 Å². The van der Waals surface area contributed by atoms with Gasteiger partial charge in [-0.2, -0.15) is 5.26 Å². The van der Waals surface area contributed by atoms with E-state index >= 15 is 0 Å². The lowest BCUT2D eigenvalue weighted by Crippen LogP contribution is -2.40. The van der Waals surface area contributed by atoms with Gasteiger partial charge in [0, 0.05) is 42.2 Å². The van der Waals surface area contributed by atoms with Crippen LogP contribution in [0, 0.1) is 24.2 Å². The first-order valence-electron chi connectivity index (χ1n) is 10.1. The number of amides is 1. The number of carbonyl (C=O) groups is 1. The number of hydrogen-bond donors (Lipinski definition) is 1. The van der Waals surface area contributed by atoms with Crippen LogP contribution < -0.4 is 10.2 Å². The van der Waals surface area contributed by atoms with E-state index in [1.54, 1.807) is 12.3 Å². The second-order valence-corrected chi connectivity index (χ2v) is 8.19. The van der Waals surface area contributed by atoms with Crippen molar-refractivity contribution in [3.05, 3.63) is 70.4 Å². The summed E-state index contributed by atoms with van der Waals surface area (Å²) in [7, 11) is 0. The molecule has 4 rings (SSSR count). The number of halogens is 1. The fourth-order valence-corrected chi connectivity index (χ4v) is 4.15. The zero-order valence-corrected chi connectivity index (χ0v) is 17.6. The van der Waals surface area contributed by atoms with Gasteiger partial charge in [0.2, 0.25) is 5.91 Å². The predicted octanol–water partition coefficient (Wildman–Crippen LogP) is 4.60. The number of aryl methyl sites for hydroxylation is 1. The molecule has 1 N–H and O–H groups in total. The Labute approximate surface area is 181 Å². The number of anilines is 1. The van der Waals surface area contributed by atoms with Crippen LogP contribution in [0.1, 0.15) is 29.5 Å². The molecule has 1 aliphatic heterocycles. The first-order valence-corrected chi connectivity index (χ1v) is 10.5. The molecule has 152 valence electrons. The van der Waals surface area contributed by atoms with Gasteiger partial charge in [-0.15, -0.1) is 0 Å². The Hall–Kier alpha value is -3.10. The van der Waals surface area contributed by atoms with Crippen LogP contribution in [0.3, 0.4) is 0 Å². The number of nitriles is 1. The first kappa shape index (κ1) is 20.2. The summed E-state index contributed by atoms with van der Waals surface area (Å²) in [6.07, 6.45) is 3.11. The molecule has 3 aromatic rings. The SMILES string of the molecule is Cc1ccc(CNC(=O)C2CCN(c3c(C#N)cnc4ccc(Cl)cc34)CC2)cc1. The maximum Gasteiger partial charge on any atom is 0.223 e. The van der Waals surface area contributed by atoms with Crippen molar-refractivity contribution in [1.82, 2.24) is 10.3 Å². The van der Waals surface area contributed by atoms with Crippen molar-refractivity contribution in [2.75, 3.05) is 18.0 Å². The molecule has 0 bridgehead atoms. The Morgan fingerprint density at radius 2 is 1.97 bits per heavy atom. The van der Waals surface area contributed by atoms with Crippen LogP contribution in [0.5, 0.6) is 0 Å². The summed E-state index contributed by atoms with van der Waals surface area (Å²) in [5.74, 6) is 0.0762. The Bertz CT molecular complexity index is 1110. The molecular formula is C24H23ClN4O. The number of nitrogens with zero attached hydrogens (tertiary/aromatic N) is 3. The fraction of sp³-hybridized carbons (Fsp3) is 0.292. The van der Waals surface area contributed by atoms with Gasteiger partial charge in [0.25, 0.3) is 0 Å². The topological polar surface area (TPSA) is 69.0 Å². The number of rotatable bonds is 4. The summed E-state index contributed by atoms with van der Waals surface area (Å²) in [5, 5.41) is 14.2. The highest BCUT2D eigenvalue weighted by Crippen LogP contribution is 2.33. The monoisotopic (exact) mass is 418 g/mol. The highest BCUT2D eigenvalue weighted by molar-refractivity contribution is 6.31. The number of hydrogen-bond acceptors (Lipinski definition) is 4. The zero-order chi connectivity index (χ0) is 21.1. The van der Waals surface area contributed by atoms with Gasteiger partial charge in [0.05, 0.1) is 16.8 Å². The van der Waals surface area contributed by atoms with E-state index in [2.05, 4.69) is 33.4 Å². The molecule has 1 saturated heterocycles. The first-order chi connectivity index (χ1) is 14.5. The third-order valence-corrected chi connectivity index (χ3v) is 5.93. The van der Waals surface area contributed by atoms with Gasteiger partial charge in [0.15, 0.2) is 0 Å². The zero-order valence-electron chi connectivity index (χ0n) is 16.9. The Kier molecular flexibility index (Phi) is 5.87. The van der Waals surface area contributed by atoms with Crippen molar-refractivity contribution in [3.8, 4) is 6.07 Å². The van der Waals surface area contributed by atoms with Crippen molar-refractivity contribution in [1.29, 1.82) is 5.26 Å². The lowest BCUT2D eigenvalue weighted by atomic mass is 9.94. The normalized spacial score (nSPS) is 14.5. The van der Waals surface area contributed by atoms with E-state index in [4.69, 9.17) is 11.6 Å². The summed E-state index contributed by atoms with van der Waals surface area (Å²) in [5.41, 5.74) is 4.52. The molecule has 1 aromatic heterocycles. The highest BCUT2D eigenvalue weighted by Gasteiger charge is 2.27. The molecule has 1 fully saturated rings. The quantitative estimate of drug-likeness (QED) is 0.672. The number of piperidine rings is 1. The Balaban J connectivity index is 1.44. The molecule has 0 atom stereocenters. The van der Waals surface area contributed by atoms with Gasteiger partial charge in [-0.3, -0.25) is 9.78 Å². The van der Waals surface area contributed by atoms with Crippen molar-refractivity contribution >= 4 is 34.1 Å². The number of fused-ring (bicyclic) bond motifs is 1. The lowest BCUT2D eigenvalue weighted by Gasteiger charge is -2.34. The number of benzene rings is 2. The molecule has 2 heterocycles. The maximum atomic E-state index is 12.7. The van der Waals surface area contributed by atoms with E-state index in [0.717, 1.165) is 35.0 Å². The third kappa shape index (κ3) is 4.24. The average molecular weight is 419 g/mol. The summed E-state index contributed by atoms with van der Waals surface area (Å²) in [6, 6.07) is 16.0. The average Bonchev–Trinajstić information content (AvgIpc) is 2.77. The number of carbonyl (C=O) groups excluding carboxylic acids is 1. The van der Waals surface area contributed by atoms with E-state index in [1.807, 2.05) is 31.2 Å². The second-order valence-electron chi connectivity index (χ2n) is 7.76. The van der Waals surface area contributed by atoms with Crippen LogP contribution in [0.25, 0.3) is 10.9 Å². The molecule has 5 nitrogen and oxygen atoms in total. The minimum Gasteiger partial charge on any atom is -0.370 e. The van der Waals surface area contributed by atoms with Crippen LogP contribution >= 0.6 is 11.6 Å². The second kappa shape index (κ2) is 8.73. The van der Waals surface area contributed by atoms with Crippen LogP contribution in [-0.2, 0) is 11.3 Å². The van der Waals surface area contributed by atoms with Crippen molar-refractivity contribution in [2.24, 2.45) is 5.92 Å². The molecule has 0 aliphatic carbocycles. The number of nitrogens with one attached hydrogen (secondary N) is 1. The van der Waals surface area contributed by atoms with Crippen molar-refractivity contribution in [2.45, 2.75) is 26.3 Å². The van der Waals surface area contributed by atoms with Gasteiger partial charge < -0.3 is 10.2 Å². The van der Waals surface area contributed by atoms with Gasteiger partial charge in [0.1, 0.15) is 6.07 Å². The van der Waals surface area contributed by atoms with Crippen LogP contribution in [0.15, 0.2) is 48.7 Å². The van der Waals surface area contributed by atoms with Crippen LogP contribution in [0.4, 0.5) is 5.69 Å². The van der Waals surface area contributed by atoms with E-state index in [-0.39, 0.29) is 11.8 Å². The van der Waals surface area contributed by atoms with Crippen molar-refractivity contribution in [3.63, 3.8) is 0 Å². The van der Waals surface area contributed by atoms with E-state index < -0.39 is 0 Å². The van der Waals surface area contributed by atoms with Gasteiger partial charge in [-0.05, 0) is 43.5 Å². The van der Waals surface area contributed by atoms with Gasteiger partial charge >= 0.3 is 0 Å². The van der Waals surface area contributed by atoms with E-state index in [9.17, 15) is 10.1 Å². The minimum absolute atomic E-state index is 0.0195. The molecule has 1 amide bonds. The number of pyridine rings is 1. The molecule has 0 radical (unpaired) electrons. The smallest absolute Gasteiger partial charge is 0.223 e. The summed E-state index contributed by atoms with van der Waals surface area (Å²) in [6.45, 7) is 4.02. The third-order valence-electron chi connectivity index (χ3n) is 5.69. The molecule has 2 aromatic carbocycles. The molecular weight excluding hydrogens is 396 g/mol. The van der Waals surface area contributed by atoms with Crippen molar-refractivity contribution < 1.29 is 4.79 Å². The molecule has 0 unspecified atom stereocenters. The Morgan fingerprint density at radius 1 is 1.23 bits per heavy atom.